The molecule has 248 valence electrons. The minimum absolute atomic E-state index is 0.0916. The van der Waals surface area contributed by atoms with Crippen LogP contribution >= 0.6 is 0 Å². The van der Waals surface area contributed by atoms with Crippen molar-refractivity contribution in [1.29, 1.82) is 0 Å². The molecule has 0 bridgehead atoms. The number of carbonyl (C=O) groups excluding carboxylic acids is 1. The summed E-state index contributed by atoms with van der Waals surface area (Å²) < 4.78 is 27.6. The molecule has 0 radical (unpaired) electrons. The zero-order valence-electron chi connectivity index (χ0n) is 23.6. The van der Waals surface area contributed by atoms with Crippen molar-refractivity contribution < 1.29 is 79.5 Å². The lowest BCUT2D eigenvalue weighted by molar-refractivity contribution is -0.331. The second-order valence-electron chi connectivity index (χ2n) is 10.5. The van der Waals surface area contributed by atoms with Gasteiger partial charge < -0.3 is 74.7 Å². The molecule has 0 amide bonds. The van der Waals surface area contributed by atoms with E-state index in [4.69, 9.17) is 23.7 Å². The molecule has 2 fully saturated rings. The Bertz CT molecular complexity index is 1320. The van der Waals surface area contributed by atoms with Crippen LogP contribution in [0.15, 0.2) is 42.5 Å². The first-order chi connectivity index (χ1) is 21.4. The van der Waals surface area contributed by atoms with E-state index in [1.54, 1.807) is 0 Å². The summed E-state index contributed by atoms with van der Waals surface area (Å²) in [5.74, 6) is -2.46. The number of hydrogen-bond donors (Lipinski definition) is 10. The molecule has 4 rings (SSSR count). The standard InChI is InChI=1S/C29H36O16/c30-11-19-22(36)23(37)25(39)29(43-19)42-12-20-27(45-21(35)6-3-13-1-4-15(31)17(33)9-13)24(38)26(40)28(44-20)41-8-7-14-2-5-16(32)18(34)10-14/h1-6,9-10,19-20,22-34,36-40H,7-8,11-12H2. The fourth-order valence-electron chi connectivity index (χ4n) is 4.72. The molecule has 0 aliphatic carbocycles. The molecule has 0 spiro atoms. The van der Waals surface area contributed by atoms with Gasteiger partial charge in [-0.3, -0.25) is 0 Å². The van der Waals surface area contributed by atoms with Crippen LogP contribution < -0.4 is 0 Å². The maximum absolute atomic E-state index is 12.7. The van der Waals surface area contributed by atoms with Crippen molar-refractivity contribution in [2.75, 3.05) is 19.8 Å². The van der Waals surface area contributed by atoms with Crippen LogP contribution in [0.25, 0.3) is 6.08 Å². The summed E-state index contributed by atoms with van der Waals surface area (Å²) in [7, 11) is 0. The van der Waals surface area contributed by atoms with E-state index in [1.807, 2.05) is 0 Å². The van der Waals surface area contributed by atoms with Gasteiger partial charge in [0.1, 0.15) is 42.7 Å². The van der Waals surface area contributed by atoms with Gasteiger partial charge in [0.15, 0.2) is 41.7 Å². The smallest absolute Gasteiger partial charge is 0.331 e. The molecule has 2 heterocycles. The first kappa shape index (κ1) is 34.3. The predicted molar refractivity (Wildman–Crippen MR) is 149 cm³/mol. The first-order valence-corrected chi connectivity index (χ1v) is 13.9. The van der Waals surface area contributed by atoms with Crippen LogP contribution in [0.3, 0.4) is 0 Å². The Morgan fingerprint density at radius 1 is 0.733 bits per heavy atom. The molecule has 2 aromatic carbocycles. The number of carbonyl (C=O) groups is 1. The van der Waals surface area contributed by atoms with Crippen molar-refractivity contribution in [2.24, 2.45) is 0 Å². The summed E-state index contributed by atoms with van der Waals surface area (Å²) in [4.78, 5) is 12.7. The first-order valence-electron chi connectivity index (χ1n) is 13.9. The highest BCUT2D eigenvalue weighted by molar-refractivity contribution is 5.87. The molecule has 2 aliphatic heterocycles. The lowest BCUT2D eigenvalue weighted by Crippen LogP contribution is -2.62. The van der Waals surface area contributed by atoms with Gasteiger partial charge in [-0.15, -0.1) is 0 Å². The Balaban J connectivity index is 1.46. The SMILES string of the molecule is O=C(C=Cc1ccc(O)c(O)c1)OC1C(COC2OC(CO)C(O)C(O)C2O)OC(OCCc2ccc(O)c(O)c2)C(O)C1O. The normalized spacial score (nSPS) is 32.0. The maximum Gasteiger partial charge on any atom is 0.331 e. The number of esters is 1. The van der Waals surface area contributed by atoms with Crippen LogP contribution in [0.1, 0.15) is 11.1 Å². The molecule has 16 heteroatoms. The minimum Gasteiger partial charge on any atom is -0.504 e. The number of benzene rings is 2. The van der Waals surface area contributed by atoms with Crippen LogP contribution in [-0.2, 0) is 34.9 Å². The molecule has 10 atom stereocenters. The molecule has 10 N–H and O–H groups in total. The zero-order chi connectivity index (χ0) is 32.8. The molecule has 45 heavy (non-hydrogen) atoms. The van der Waals surface area contributed by atoms with E-state index in [0.29, 0.717) is 11.1 Å². The molecule has 2 aromatic rings. The number of rotatable bonds is 11. The van der Waals surface area contributed by atoms with E-state index < -0.39 is 86.3 Å². The Morgan fingerprint density at radius 2 is 1.36 bits per heavy atom. The van der Waals surface area contributed by atoms with Crippen LogP contribution in [-0.4, -0.2) is 138 Å². The molecular weight excluding hydrogens is 604 g/mol. The quantitative estimate of drug-likeness (QED) is 0.0720. The molecule has 16 nitrogen and oxygen atoms in total. The van der Waals surface area contributed by atoms with Crippen LogP contribution in [0, 0.1) is 0 Å². The number of phenols is 4. The number of phenolic OH excluding ortho intramolecular Hbond substituents is 4. The summed E-state index contributed by atoms with van der Waals surface area (Å²) in [6.07, 6.45) is -13.6. The van der Waals surface area contributed by atoms with Gasteiger partial charge in [0.2, 0.25) is 0 Å². The van der Waals surface area contributed by atoms with E-state index in [9.17, 15) is 55.9 Å². The van der Waals surface area contributed by atoms with E-state index in [2.05, 4.69) is 0 Å². The molecule has 10 unspecified atom stereocenters. The highest BCUT2D eigenvalue weighted by atomic mass is 16.7. The Labute approximate surface area is 256 Å². The van der Waals surface area contributed by atoms with E-state index in [1.165, 1.54) is 42.5 Å². The second-order valence-corrected chi connectivity index (χ2v) is 10.5. The van der Waals surface area contributed by atoms with E-state index in [-0.39, 0.29) is 30.3 Å². The third-order valence-electron chi connectivity index (χ3n) is 7.29. The van der Waals surface area contributed by atoms with Gasteiger partial charge in [-0.25, -0.2) is 4.79 Å². The van der Waals surface area contributed by atoms with Gasteiger partial charge in [-0.2, -0.15) is 0 Å². The molecule has 0 saturated carbocycles. The monoisotopic (exact) mass is 640 g/mol. The lowest BCUT2D eigenvalue weighted by atomic mass is 9.98. The summed E-state index contributed by atoms with van der Waals surface area (Å²) in [5.41, 5.74) is 0.889. The van der Waals surface area contributed by atoms with Gasteiger partial charge in [0.05, 0.1) is 19.8 Å². The molecule has 0 aromatic heterocycles. The Morgan fingerprint density at radius 3 is 2.02 bits per heavy atom. The van der Waals surface area contributed by atoms with Crippen molar-refractivity contribution in [2.45, 2.75) is 67.8 Å². The average molecular weight is 641 g/mol. The van der Waals surface area contributed by atoms with Gasteiger partial charge in [-0.1, -0.05) is 12.1 Å². The lowest BCUT2D eigenvalue weighted by Gasteiger charge is -2.43. The zero-order valence-corrected chi connectivity index (χ0v) is 23.6. The molecule has 2 aliphatic rings. The number of aliphatic hydroxyl groups is 6. The molecular formula is C29H36O16. The fraction of sp³-hybridized carbons (Fsp3) is 0.483. The third kappa shape index (κ3) is 8.39. The fourth-order valence-corrected chi connectivity index (χ4v) is 4.72. The van der Waals surface area contributed by atoms with Gasteiger partial charge in [0.25, 0.3) is 0 Å². The minimum atomic E-state index is -1.79. The van der Waals surface area contributed by atoms with E-state index >= 15 is 0 Å². The number of ether oxygens (including phenoxy) is 5. The van der Waals surface area contributed by atoms with Crippen molar-refractivity contribution in [3.05, 3.63) is 53.6 Å². The van der Waals surface area contributed by atoms with E-state index in [0.717, 1.165) is 6.08 Å². The van der Waals surface area contributed by atoms with Crippen LogP contribution in [0.4, 0.5) is 0 Å². The average Bonchev–Trinajstić information content (AvgIpc) is 3.01. The maximum atomic E-state index is 12.7. The van der Waals surface area contributed by atoms with Crippen molar-refractivity contribution in [3.63, 3.8) is 0 Å². The van der Waals surface area contributed by atoms with Crippen molar-refractivity contribution in [3.8, 4) is 23.0 Å². The van der Waals surface area contributed by atoms with Gasteiger partial charge >= 0.3 is 5.97 Å². The second kappa shape index (κ2) is 15.2. The van der Waals surface area contributed by atoms with Crippen LogP contribution in [0.2, 0.25) is 0 Å². The summed E-state index contributed by atoms with van der Waals surface area (Å²) in [6.45, 7) is -1.38. The number of aromatic hydroxyl groups is 4. The topological polar surface area (TPSA) is 266 Å². The molecule has 2 saturated heterocycles. The highest BCUT2D eigenvalue weighted by Gasteiger charge is 2.49. The van der Waals surface area contributed by atoms with Gasteiger partial charge in [-0.05, 0) is 47.9 Å². The Kier molecular flexibility index (Phi) is 11.6. The largest absolute Gasteiger partial charge is 0.504 e. The number of hydrogen-bond acceptors (Lipinski definition) is 16. The van der Waals surface area contributed by atoms with Crippen LogP contribution in [0.5, 0.6) is 23.0 Å². The predicted octanol–water partition coefficient (Wildman–Crippen LogP) is -2.04. The van der Waals surface area contributed by atoms with Crippen molar-refractivity contribution in [1.82, 2.24) is 0 Å². The third-order valence-corrected chi connectivity index (χ3v) is 7.29. The highest BCUT2D eigenvalue weighted by Crippen LogP contribution is 2.29. The Hall–Kier alpha value is -3.55. The summed E-state index contributed by atoms with van der Waals surface area (Å²) in [5, 5.41) is 99.8. The summed E-state index contributed by atoms with van der Waals surface area (Å²) in [6, 6.07) is 7.91. The number of aliphatic hydroxyl groups excluding tert-OH is 6. The van der Waals surface area contributed by atoms with Crippen molar-refractivity contribution >= 4 is 12.0 Å². The summed E-state index contributed by atoms with van der Waals surface area (Å²) >= 11 is 0. The van der Waals surface area contributed by atoms with Gasteiger partial charge in [0, 0.05) is 6.08 Å².